The average Bonchev–Trinajstić information content (AvgIpc) is 2.03. The standard InChI is InChI=1S/C8H12O2S/c1-11(9)7-5-8-4-2-3-6-10-8/h2-4,6,8H,5,7H2,1H3. The number of hydrogen-bond acceptors (Lipinski definition) is 2. The highest BCUT2D eigenvalue weighted by Gasteiger charge is 2.08. The van der Waals surface area contributed by atoms with Crippen LogP contribution in [0.2, 0.25) is 0 Å². The topological polar surface area (TPSA) is 32.3 Å². The SMILES string of the molecule is C[S+]([O-])CCC1C=CC=CO1. The maximum atomic E-state index is 10.7. The van der Waals surface area contributed by atoms with E-state index in [2.05, 4.69) is 0 Å². The molecule has 1 rings (SSSR count). The maximum absolute atomic E-state index is 10.7. The van der Waals surface area contributed by atoms with E-state index in [1.165, 1.54) is 0 Å². The molecule has 1 aliphatic rings. The molecule has 2 unspecified atom stereocenters. The van der Waals surface area contributed by atoms with Crippen molar-refractivity contribution in [2.45, 2.75) is 12.5 Å². The largest absolute Gasteiger partial charge is 0.617 e. The van der Waals surface area contributed by atoms with Gasteiger partial charge in [-0.3, -0.25) is 0 Å². The molecule has 0 amide bonds. The Morgan fingerprint density at radius 3 is 2.91 bits per heavy atom. The Bertz CT molecular complexity index is 163. The van der Waals surface area contributed by atoms with Crippen molar-refractivity contribution in [1.29, 1.82) is 0 Å². The first-order chi connectivity index (χ1) is 5.29. The zero-order valence-electron chi connectivity index (χ0n) is 6.53. The summed E-state index contributed by atoms with van der Waals surface area (Å²) in [4.78, 5) is 0. The summed E-state index contributed by atoms with van der Waals surface area (Å²) in [5.41, 5.74) is 0. The zero-order valence-corrected chi connectivity index (χ0v) is 7.34. The van der Waals surface area contributed by atoms with Crippen molar-refractivity contribution in [1.82, 2.24) is 0 Å². The number of rotatable bonds is 3. The number of ether oxygens (including phenoxy) is 1. The molecule has 0 aromatic heterocycles. The van der Waals surface area contributed by atoms with Gasteiger partial charge in [0.1, 0.15) is 11.9 Å². The second-order valence-corrected chi connectivity index (χ2v) is 4.01. The molecule has 0 saturated heterocycles. The smallest absolute Gasteiger partial charge is 0.121 e. The minimum absolute atomic E-state index is 0.129. The number of hydrogen-bond donors (Lipinski definition) is 0. The molecule has 0 aromatic rings. The van der Waals surface area contributed by atoms with Crippen LogP contribution >= 0.6 is 0 Å². The molecule has 2 atom stereocenters. The summed E-state index contributed by atoms with van der Waals surface area (Å²) in [7, 11) is 0. The quantitative estimate of drug-likeness (QED) is 0.600. The van der Waals surface area contributed by atoms with Gasteiger partial charge in [0, 0.05) is 6.42 Å². The highest BCUT2D eigenvalue weighted by atomic mass is 32.2. The molecule has 0 aliphatic carbocycles. The Morgan fingerprint density at radius 1 is 1.55 bits per heavy atom. The monoisotopic (exact) mass is 172 g/mol. The van der Waals surface area contributed by atoms with Gasteiger partial charge in [-0.25, -0.2) is 0 Å². The third kappa shape index (κ3) is 3.49. The van der Waals surface area contributed by atoms with Crippen LogP contribution in [0.3, 0.4) is 0 Å². The van der Waals surface area contributed by atoms with E-state index < -0.39 is 11.2 Å². The predicted molar refractivity (Wildman–Crippen MR) is 46.7 cm³/mol. The lowest BCUT2D eigenvalue weighted by atomic mass is 10.2. The Morgan fingerprint density at radius 2 is 2.36 bits per heavy atom. The van der Waals surface area contributed by atoms with Gasteiger partial charge in [0.05, 0.1) is 12.5 Å². The van der Waals surface area contributed by atoms with Gasteiger partial charge in [-0.1, -0.05) is 17.3 Å². The normalized spacial score (nSPS) is 24.7. The molecule has 0 aromatic carbocycles. The Labute approximate surface area is 70.1 Å². The van der Waals surface area contributed by atoms with E-state index in [4.69, 9.17) is 4.74 Å². The second kappa shape index (κ2) is 4.46. The van der Waals surface area contributed by atoms with Crippen molar-refractivity contribution < 1.29 is 9.29 Å². The van der Waals surface area contributed by atoms with Crippen LogP contribution in [-0.4, -0.2) is 22.7 Å². The molecule has 0 N–H and O–H groups in total. The summed E-state index contributed by atoms with van der Waals surface area (Å²) < 4.78 is 15.9. The molecular weight excluding hydrogens is 160 g/mol. The van der Waals surface area contributed by atoms with E-state index in [1.807, 2.05) is 18.2 Å². The highest BCUT2D eigenvalue weighted by Crippen LogP contribution is 2.07. The number of allylic oxidation sites excluding steroid dienone is 2. The van der Waals surface area contributed by atoms with Crippen LogP contribution in [0.5, 0.6) is 0 Å². The van der Waals surface area contributed by atoms with Crippen molar-refractivity contribution in [2.24, 2.45) is 0 Å². The van der Waals surface area contributed by atoms with Crippen LogP contribution in [0.25, 0.3) is 0 Å². The van der Waals surface area contributed by atoms with Gasteiger partial charge in [-0.05, 0) is 12.2 Å². The second-order valence-electron chi connectivity index (χ2n) is 2.45. The molecule has 1 aliphatic heterocycles. The molecule has 62 valence electrons. The first kappa shape index (κ1) is 8.68. The summed E-state index contributed by atoms with van der Waals surface area (Å²) in [6, 6.07) is 0. The van der Waals surface area contributed by atoms with Gasteiger partial charge in [-0.15, -0.1) is 0 Å². The van der Waals surface area contributed by atoms with Crippen LogP contribution in [0.4, 0.5) is 0 Å². The fourth-order valence-electron chi connectivity index (χ4n) is 0.871. The van der Waals surface area contributed by atoms with Crippen LogP contribution in [0, 0.1) is 0 Å². The Hall–Kier alpha value is -0.410. The summed E-state index contributed by atoms with van der Waals surface area (Å²) in [5, 5.41) is 0. The average molecular weight is 172 g/mol. The van der Waals surface area contributed by atoms with Gasteiger partial charge >= 0.3 is 0 Å². The summed E-state index contributed by atoms with van der Waals surface area (Å²) in [6.45, 7) is 0. The maximum Gasteiger partial charge on any atom is 0.121 e. The molecule has 0 bridgehead atoms. The van der Waals surface area contributed by atoms with Crippen LogP contribution in [0.15, 0.2) is 24.5 Å². The minimum Gasteiger partial charge on any atom is -0.617 e. The molecule has 0 spiro atoms. The zero-order chi connectivity index (χ0) is 8.10. The molecule has 1 heterocycles. The molecule has 0 radical (unpaired) electrons. The summed E-state index contributed by atoms with van der Waals surface area (Å²) in [5.74, 6) is 0.711. The third-order valence-electron chi connectivity index (χ3n) is 1.46. The van der Waals surface area contributed by atoms with Crippen LogP contribution in [0.1, 0.15) is 6.42 Å². The van der Waals surface area contributed by atoms with E-state index in [0.717, 1.165) is 6.42 Å². The predicted octanol–water partition coefficient (Wildman–Crippen LogP) is 1.22. The van der Waals surface area contributed by atoms with Gasteiger partial charge in [-0.2, -0.15) is 0 Å². The van der Waals surface area contributed by atoms with E-state index in [9.17, 15) is 4.55 Å². The van der Waals surface area contributed by atoms with E-state index in [1.54, 1.807) is 12.5 Å². The Kier molecular flexibility index (Phi) is 3.52. The van der Waals surface area contributed by atoms with Crippen LogP contribution < -0.4 is 0 Å². The Balaban J connectivity index is 2.17. The van der Waals surface area contributed by atoms with E-state index >= 15 is 0 Å². The lowest BCUT2D eigenvalue weighted by Gasteiger charge is -2.14. The van der Waals surface area contributed by atoms with E-state index in [0.29, 0.717) is 5.75 Å². The molecular formula is C8H12O2S. The van der Waals surface area contributed by atoms with Gasteiger partial charge in [0.15, 0.2) is 0 Å². The van der Waals surface area contributed by atoms with Crippen molar-refractivity contribution >= 4 is 11.2 Å². The van der Waals surface area contributed by atoms with Crippen molar-refractivity contribution in [2.75, 3.05) is 12.0 Å². The first-order valence-corrected chi connectivity index (χ1v) is 5.30. The fraction of sp³-hybridized carbons (Fsp3) is 0.500. The lowest BCUT2D eigenvalue weighted by molar-refractivity contribution is 0.180. The summed E-state index contributed by atoms with van der Waals surface area (Å²) >= 11 is -0.705. The molecule has 3 heteroatoms. The van der Waals surface area contributed by atoms with Crippen molar-refractivity contribution in [3.05, 3.63) is 24.5 Å². The highest BCUT2D eigenvalue weighted by molar-refractivity contribution is 7.90. The molecule has 2 nitrogen and oxygen atoms in total. The molecule has 11 heavy (non-hydrogen) atoms. The van der Waals surface area contributed by atoms with Crippen molar-refractivity contribution in [3.8, 4) is 0 Å². The van der Waals surface area contributed by atoms with Crippen molar-refractivity contribution in [3.63, 3.8) is 0 Å². The fourth-order valence-corrected chi connectivity index (χ4v) is 1.44. The molecule has 0 fully saturated rings. The van der Waals surface area contributed by atoms with Crippen LogP contribution in [-0.2, 0) is 15.9 Å². The van der Waals surface area contributed by atoms with Gasteiger partial charge in [0.25, 0.3) is 0 Å². The molecule has 0 saturated carbocycles. The summed E-state index contributed by atoms with van der Waals surface area (Å²) in [6.07, 6.45) is 10.1. The van der Waals surface area contributed by atoms with Gasteiger partial charge < -0.3 is 9.29 Å². The third-order valence-corrected chi connectivity index (χ3v) is 2.27. The minimum atomic E-state index is -0.705. The van der Waals surface area contributed by atoms with Gasteiger partial charge in [0.2, 0.25) is 0 Å². The lowest BCUT2D eigenvalue weighted by Crippen LogP contribution is -2.14. The first-order valence-electron chi connectivity index (χ1n) is 3.58. The van der Waals surface area contributed by atoms with E-state index in [-0.39, 0.29) is 6.10 Å².